The highest BCUT2D eigenvalue weighted by Gasteiger charge is 2.18. The highest BCUT2D eigenvalue weighted by molar-refractivity contribution is 5.87. The molecule has 0 bridgehead atoms. The highest BCUT2D eigenvalue weighted by Crippen LogP contribution is 2.34. The molecule has 39 heavy (non-hydrogen) atoms. The van der Waals surface area contributed by atoms with E-state index < -0.39 is 5.97 Å². The summed E-state index contributed by atoms with van der Waals surface area (Å²) < 4.78 is 13.7. The Morgan fingerprint density at radius 1 is 0.769 bits per heavy atom. The van der Waals surface area contributed by atoms with Crippen LogP contribution < -0.4 is 9.47 Å². The maximum absolute atomic E-state index is 11.7. The van der Waals surface area contributed by atoms with Crippen LogP contribution >= 0.6 is 0 Å². The number of carboxylic acid groups (broad SMARTS) is 1. The summed E-state index contributed by atoms with van der Waals surface area (Å²) >= 11 is 0. The molecule has 1 N–H and O–H groups in total. The van der Waals surface area contributed by atoms with Crippen molar-refractivity contribution in [2.75, 3.05) is 0 Å². The van der Waals surface area contributed by atoms with E-state index >= 15 is 0 Å². The van der Waals surface area contributed by atoms with Gasteiger partial charge in [-0.05, 0) is 60.2 Å². The molecule has 0 spiro atoms. The molecule has 0 radical (unpaired) electrons. The van der Waals surface area contributed by atoms with Gasteiger partial charge in [-0.3, -0.25) is 0 Å². The van der Waals surface area contributed by atoms with Crippen LogP contribution in [0.5, 0.6) is 17.2 Å². The van der Waals surface area contributed by atoms with Gasteiger partial charge < -0.3 is 14.6 Å². The lowest BCUT2D eigenvalue weighted by Crippen LogP contribution is -2.03. The zero-order valence-corrected chi connectivity index (χ0v) is 20.8. The number of nitrogens with zero attached hydrogens (tertiary/aromatic N) is 3. The van der Waals surface area contributed by atoms with E-state index in [2.05, 4.69) is 5.10 Å². The number of carboxylic acids is 1. The summed E-state index contributed by atoms with van der Waals surface area (Å²) in [6, 6.07) is 38.1. The van der Waals surface area contributed by atoms with Crippen LogP contribution in [0.25, 0.3) is 28.2 Å². The second kappa shape index (κ2) is 10.5. The molecular weight excluding hydrogens is 490 g/mol. The third-order valence-corrected chi connectivity index (χ3v) is 6.18. The first-order chi connectivity index (χ1) is 19.1. The molecule has 0 fully saturated rings. The number of rotatable bonds is 8. The Kier molecular flexibility index (Phi) is 6.45. The molecule has 0 saturated carbocycles. The summed E-state index contributed by atoms with van der Waals surface area (Å²) in [5, 5.41) is 13.9. The molecule has 190 valence electrons. The van der Waals surface area contributed by atoms with Gasteiger partial charge in [0.25, 0.3) is 0 Å². The van der Waals surface area contributed by atoms with Crippen LogP contribution in [0, 0.1) is 0 Å². The fraction of sp³-hybridized carbons (Fsp3) is 0.0312. The maximum atomic E-state index is 11.7. The van der Waals surface area contributed by atoms with Crippen molar-refractivity contribution in [1.29, 1.82) is 0 Å². The fourth-order valence-corrected chi connectivity index (χ4v) is 4.28. The SMILES string of the molecule is O=C(O)c1cc2nc(-c3ccc(Oc4ccccc4)cc3)cc(-c3ccccc3OCc3ccccc3)n2n1. The van der Waals surface area contributed by atoms with Crippen molar-refractivity contribution in [2.24, 2.45) is 0 Å². The second-order valence-electron chi connectivity index (χ2n) is 8.84. The van der Waals surface area contributed by atoms with Crippen LogP contribution in [0.3, 0.4) is 0 Å². The third-order valence-electron chi connectivity index (χ3n) is 6.18. The van der Waals surface area contributed by atoms with E-state index in [0.29, 0.717) is 35.1 Å². The Balaban J connectivity index is 1.40. The van der Waals surface area contributed by atoms with Crippen LogP contribution in [0.1, 0.15) is 16.1 Å². The molecule has 0 aliphatic heterocycles. The number of aromatic carboxylic acids is 1. The van der Waals surface area contributed by atoms with Crippen molar-refractivity contribution >= 4 is 11.6 Å². The lowest BCUT2D eigenvalue weighted by atomic mass is 10.1. The highest BCUT2D eigenvalue weighted by atomic mass is 16.5. The van der Waals surface area contributed by atoms with Crippen molar-refractivity contribution in [3.8, 4) is 39.8 Å². The van der Waals surface area contributed by atoms with Gasteiger partial charge in [0, 0.05) is 17.2 Å². The van der Waals surface area contributed by atoms with E-state index in [4.69, 9.17) is 14.5 Å². The number of carbonyl (C=O) groups is 1. The molecule has 0 unspecified atom stereocenters. The molecule has 6 rings (SSSR count). The lowest BCUT2D eigenvalue weighted by molar-refractivity contribution is 0.0690. The van der Waals surface area contributed by atoms with Gasteiger partial charge in [-0.1, -0.05) is 60.7 Å². The number of ether oxygens (including phenoxy) is 2. The Hall–Kier alpha value is -5.43. The summed E-state index contributed by atoms with van der Waals surface area (Å²) in [4.78, 5) is 16.5. The predicted molar refractivity (Wildman–Crippen MR) is 148 cm³/mol. The molecule has 6 aromatic rings. The zero-order chi connectivity index (χ0) is 26.6. The quantitative estimate of drug-likeness (QED) is 0.233. The zero-order valence-electron chi connectivity index (χ0n) is 20.8. The molecule has 2 aromatic heterocycles. The van der Waals surface area contributed by atoms with E-state index in [0.717, 1.165) is 22.4 Å². The summed E-state index contributed by atoms with van der Waals surface area (Å²) in [5.74, 6) is 0.978. The standard InChI is InChI=1S/C32H23N3O4/c36-32(37)28-20-31-33-27(23-15-17-25(18-16-23)39-24-11-5-2-6-12-24)19-29(35(31)34-28)26-13-7-8-14-30(26)38-21-22-9-3-1-4-10-22/h1-20H,21H2,(H,36,37). The molecule has 0 aliphatic carbocycles. The Labute approximate surface area is 224 Å². The van der Waals surface area contributed by atoms with Crippen molar-refractivity contribution in [3.63, 3.8) is 0 Å². The minimum atomic E-state index is -1.12. The van der Waals surface area contributed by atoms with Gasteiger partial charge in [0.15, 0.2) is 11.3 Å². The lowest BCUT2D eigenvalue weighted by Gasteiger charge is -2.14. The summed E-state index contributed by atoms with van der Waals surface area (Å²) in [5.41, 5.74) is 4.32. The number of hydrogen-bond donors (Lipinski definition) is 1. The predicted octanol–water partition coefficient (Wildman–Crippen LogP) is 7.13. The number of benzene rings is 4. The number of para-hydroxylation sites is 2. The third kappa shape index (κ3) is 5.19. The van der Waals surface area contributed by atoms with Gasteiger partial charge in [-0.15, -0.1) is 0 Å². The molecule has 2 heterocycles. The maximum Gasteiger partial charge on any atom is 0.356 e. The van der Waals surface area contributed by atoms with Gasteiger partial charge in [0.1, 0.15) is 23.9 Å². The fourth-order valence-electron chi connectivity index (χ4n) is 4.28. The van der Waals surface area contributed by atoms with E-state index in [1.54, 1.807) is 4.52 Å². The Morgan fingerprint density at radius 2 is 1.44 bits per heavy atom. The van der Waals surface area contributed by atoms with E-state index in [1.165, 1.54) is 6.07 Å². The minimum absolute atomic E-state index is 0.0878. The molecule has 4 aromatic carbocycles. The molecule has 0 aliphatic rings. The van der Waals surface area contributed by atoms with Crippen molar-refractivity contribution in [3.05, 3.63) is 133 Å². The Morgan fingerprint density at radius 3 is 2.18 bits per heavy atom. The van der Waals surface area contributed by atoms with Crippen molar-refractivity contribution < 1.29 is 19.4 Å². The van der Waals surface area contributed by atoms with Crippen LogP contribution in [0.15, 0.2) is 121 Å². The van der Waals surface area contributed by atoms with Crippen LogP contribution in [0.2, 0.25) is 0 Å². The number of hydrogen-bond acceptors (Lipinski definition) is 5. The van der Waals surface area contributed by atoms with Gasteiger partial charge in [-0.2, -0.15) is 5.10 Å². The van der Waals surface area contributed by atoms with Gasteiger partial charge >= 0.3 is 5.97 Å². The summed E-state index contributed by atoms with van der Waals surface area (Å²) in [6.07, 6.45) is 0. The monoisotopic (exact) mass is 513 g/mol. The second-order valence-corrected chi connectivity index (χ2v) is 8.84. The Bertz CT molecular complexity index is 1750. The molecular formula is C32H23N3O4. The molecule has 7 nitrogen and oxygen atoms in total. The smallest absolute Gasteiger partial charge is 0.356 e. The average molecular weight is 514 g/mol. The number of fused-ring (bicyclic) bond motifs is 1. The van der Waals surface area contributed by atoms with Gasteiger partial charge in [0.05, 0.1) is 11.4 Å². The van der Waals surface area contributed by atoms with Crippen LogP contribution in [0.4, 0.5) is 0 Å². The molecule has 0 amide bonds. The summed E-state index contributed by atoms with van der Waals surface area (Å²) in [7, 11) is 0. The first kappa shape index (κ1) is 23.9. The first-order valence-electron chi connectivity index (χ1n) is 12.4. The molecule has 0 atom stereocenters. The summed E-state index contributed by atoms with van der Waals surface area (Å²) in [6.45, 7) is 0.390. The van der Waals surface area contributed by atoms with Crippen molar-refractivity contribution in [2.45, 2.75) is 6.61 Å². The number of aromatic nitrogens is 3. The van der Waals surface area contributed by atoms with Crippen LogP contribution in [-0.4, -0.2) is 25.7 Å². The first-order valence-corrected chi connectivity index (χ1v) is 12.4. The minimum Gasteiger partial charge on any atom is -0.488 e. The average Bonchev–Trinajstić information content (AvgIpc) is 3.42. The van der Waals surface area contributed by atoms with E-state index in [-0.39, 0.29) is 5.69 Å². The normalized spacial score (nSPS) is 10.9. The van der Waals surface area contributed by atoms with E-state index in [1.807, 2.05) is 115 Å². The van der Waals surface area contributed by atoms with Crippen molar-refractivity contribution in [1.82, 2.24) is 14.6 Å². The largest absolute Gasteiger partial charge is 0.488 e. The van der Waals surface area contributed by atoms with Gasteiger partial charge in [0.2, 0.25) is 0 Å². The molecule has 0 saturated heterocycles. The van der Waals surface area contributed by atoms with Crippen LogP contribution in [-0.2, 0) is 6.61 Å². The molecule has 7 heteroatoms. The topological polar surface area (TPSA) is 86.0 Å². The van der Waals surface area contributed by atoms with Gasteiger partial charge in [-0.25, -0.2) is 14.3 Å². The van der Waals surface area contributed by atoms with E-state index in [9.17, 15) is 9.90 Å².